The molecule has 7 nitrogen and oxygen atoms in total. The van der Waals surface area contributed by atoms with Crippen molar-refractivity contribution in [2.24, 2.45) is 47.3 Å². The van der Waals surface area contributed by atoms with Crippen LogP contribution in [0, 0.1) is 47.3 Å². The van der Waals surface area contributed by atoms with Crippen LogP contribution in [-0.4, -0.2) is 23.6 Å². The minimum atomic E-state index is -0.195. The molecule has 4 aliphatic carbocycles. The molecule has 0 N–H and O–H groups in total. The number of imide groups is 2. The number of carbonyl (C=O) groups is 4. The molecular weight excluding hydrogens is 677 g/mol. The maximum Gasteiger partial charge on any atom is 0.238 e. The fraction of sp³-hybridized carbons (Fsp3) is 0.238. The third kappa shape index (κ3) is 5.04. The van der Waals surface area contributed by atoms with Crippen molar-refractivity contribution in [2.45, 2.75) is 32.4 Å². The van der Waals surface area contributed by atoms with Crippen LogP contribution >= 0.6 is 23.5 Å². The van der Waals surface area contributed by atoms with E-state index in [-0.39, 0.29) is 71.0 Å². The van der Waals surface area contributed by atoms with Crippen molar-refractivity contribution in [1.29, 1.82) is 0 Å². The number of ether oxygens (including phenoxy) is 1. The van der Waals surface area contributed by atoms with Crippen LogP contribution in [0.15, 0.2) is 141 Å². The molecule has 4 aromatic rings. The first-order chi connectivity index (χ1) is 24.9. The molecule has 0 aromatic heterocycles. The standard InChI is InChI=1S/C42H32N2O5S2/c45-39-35-23-1-2-24(21-23)36(35)40(46)43(39)27-5-13-31(14-6-27)50-33-17-9-29(10-18-33)49-30-11-19-34(20-12-30)51-32-15-7-28(8-16-32)44-41(47)37-25-3-4-26(22-25)38(37)42(44)48/h1-20,23-26,35-38H,21-22H2. The number of hydrogen-bond acceptors (Lipinski definition) is 7. The summed E-state index contributed by atoms with van der Waals surface area (Å²) in [5, 5.41) is 0. The molecule has 2 saturated heterocycles. The summed E-state index contributed by atoms with van der Waals surface area (Å²) in [5.41, 5.74) is 1.29. The van der Waals surface area contributed by atoms with Crippen LogP contribution in [0.5, 0.6) is 11.5 Å². The smallest absolute Gasteiger partial charge is 0.238 e. The Morgan fingerprint density at radius 1 is 0.412 bits per heavy atom. The summed E-state index contributed by atoms with van der Waals surface area (Å²) in [4.78, 5) is 59.5. The molecule has 4 amide bonds. The van der Waals surface area contributed by atoms with Gasteiger partial charge in [-0.2, -0.15) is 0 Å². The third-order valence-corrected chi connectivity index (χ3v) is 13.5. The van der Waals surface area contributed by atoms with E-state index in [2.05, 4.69) is 24.3 Å². The number of amides is 4. The molecule has 2 saturated carbocycles. The monoisotopic (exact) mass is 708 g/mol. The lowest BCUT2D eigenvalue weighted by molar-refractivity contribution is -0.124. The van der Waals surface area contributed by atoms with Crippen LogP contribution in [0.25, 0.3) is 0 Å². The Labute approximate surface area is 303 Å². The highest BCUT2D eigenvalue weighted by atomic mass is 32.2. The van der Waals surface area contributed by atoms with Gasteiger partial charge in [0.05, 0.1) is 35.0 Å². The molecule has 4 bridgehead atoms. The van der Waals surface area contributed by atoms with E-state index in [1.165, 1.54) is 9.80 Å². The van der Waals surface area contributed by atoms with Gasteiger partial charge in [0.15, 0.2) is 0 Å². The molecule has 2 aliphatic heterocycles. The average Bonchev–Trinajstić information content (AvgIpc) is 4.01. The van der Waals surface area contributed by atoms with E-state index in [0.717, 1.165) is 43.9 Å². The van der Waals surface area contributed by atoms with Gasteiger partial charge in [-0.25, -0.2) is 0 Å². The van der Waals surface area contributed by atoms with E-state index in [9.17, 15) is 19.2 Å². The quantitative estimate of drug-likeness (QED) is 0.134. The second kappa shape index (κ2) is 11.9. The minimum Gasteiger partial charge on any atom is -0.457 e. The summed E-state index contributed by atoms with van der Waals surface area (Å²) in [5.74, 6) is 1.26. The van der Waals surface area contributed by atoms with E-state index in [1.54, 1.807) is 23.5 Å². The van der Waals surface area contributed by atoms with Crippen LogP contribution in [0.3, 0.4) is 0 Å². The van der Waals surface area contributed by atoms with Crippen LogP contribution < -0.4 is 14.5 Å². The van der Waals surface area contributed by atoms with Crippen molar-refractivity contribution in [3.63, 3.8) is 0 Å². The molecule has 4 fully saturated rings. The average molecular weight is 709 g/mol. The van der Waals surface area contributed by atoms with Crippen LogP contribution in [0.1, 0.15) is 12.8 Å². The molecule has 8 unspecified atom stereocenters. The summed E-state index contributed by atoms with van der Waals surface area (Å²) in [6.45, 7) is 0. The molecule has 10 rings (SSSR count). The van der Waals surface area contributed by atoms with Gasteiger partial charge < -0.3 is 4.74 Å². The lowest BCUT2D eigenvalue weighted by atomic mass is 9.85. The number of fused-ring (bicyclic) bond motifs is 10. The lowest BCUT2D eigenvalue weighted by Crippen LogP contribution is -2.32. The Morgan fingerprint density at radius 3 is 0.980 bits per heavy atom. The van der Waals surface area contributed by atoms with E-state index in [0.29, 0.717) is 11.4 Å². The predicted octanol–water partition coefficient (Wildman–Crippen LogP) is 8.40. The van der Waals surface area contributed by atoms with Crippen molar-refractivity contribution in [2.75, 3.05) is 9.80 Å². The first-order valence-corrected chi connectivity index (χ1v) is 19.1. The fourth-order valence-corrected chi connectivity index (χ4v) is 10.8. The Bertz CT molecular complexity index is 1950. The molecule has 252 valence electrons. The zero-order valence-corrected chi connectivity index (χ0v) is 29.0. The van der Waals surface area contributed by atoms with Crippen LogP contribution in [0.2, 0.25) is 0 Å². The van der Waals surface area contributed by atoms with E-state index in [4.69, 9.17) is 4.74 Å². The highest BCUT2D eigenvalue weighted by molar-refractivity contribution is 7.99. The molecule has 9 heteroatoms. The van der Waals surface area contributed by atoms with Crippen LogP contribution in [-0.2, 0) is 19.2 Å². The van der Waals surface area contributed by atoms with Gasteiger partial charge in [-0.3, -0.25) is 29.0 Å². The highest BCUT2D eigenvalue weighted by Crippen LogP contribution is 2.54. The van der Waals surface area contributed by atoms with Crippen LogP contribution in [0.4, 0.5) is 11.4 Å². The second-order valence-electron chi connectivity index (χ2n) is 14.3. The molecule has 2 heterocycles. The fourth-order valence-electron chi connectivity index (χ4n) is 9.20. The number of allylic oxidation sites excluding steroid dienone is 4. The maximum absolute atomic E-state index is 13.2. The first kappa shape index (κ1) is 30.9. The molecule has 4 aromatic carbocycles. The summed E-state index contributed by atoms with van der Waals surface area (Å²) in [7, 11) is 0. The van der Waals surface area contributed by atoms with E-state index >= 15 is 0 Å². The van der Waals surface area contributed by atoms with Gasteiger partial charge in [0.25, 0.3) is 0 Å². The van der Waals surface area contributed by atoms with E-state index in [1.807, 2.05) is 97.1 Å². The summed E-state index contributed by atoms with van der Waals surface area (Å²) in [6.07, 6.45) is 10.3. The lowest BCUT2D eigenvalue weighted by Gasteiger charge is -2.17. The number of benzene rings is 4. The Hall–Kier alpha value is -4.86. The number of anilines is 2. The SMILES string of the molecule is O=C1C2C3C=CC(C3)C2C(=O)N1c1ccc(Sc2ccc(Oc3ccc(Sc4ccc(N5C(=O)C6C7C=CC(C7)C6C5=O)cc4)cc3)cc2)cc1. The van der Waals surface area contributed by atoms with Crippen molar-refractivity contribution in [3.8, 4) is 11.5 Å². The zero-order valence-electron chi connectivity index (χ0n) is 27.3. The number of nitrogens with zero attached hydrogens (tertiary/aromatic N) is 2. The maximum atomic E-state index is 13.2. The molecule has 51 heavy (non-hydrogen) atoms. The summed E-state index contributed by atoms with van der Waals surface area (Å²) in [6, 6.07) is 31.1. The molecule has 6 aliphatic rings. The predicted molar refractivity (Wildman–Crippen MR) is 195 cm³/mol. The topological polar surface area (TPSA) is 84.0 Å². The van der Waals surface area contributed by atoms with Gasteiger partial charge in [0.1, 0.15) is 11.5 Å². The van der Waals surface area contributed by atoms with Crippen molar-refractivity contribution < 1.29 is 23.9 Å². The second-order valence-corrected chi connectivity index (χ2v) is 16.6. The van der Waals surface area contributed by atoms with Crippen molar-refractivity contribution in [1.82, 2.24) is 0 Å². The molecule has 0 radical (unpaired) electrons. The zero-order chi connectivity index (χ0) is 34.4. The Morgan fingerprint density at radius 2 is 0.686 bits per heavy atom. The van der Waals surface area contributed by atoms with Gasteiger partial charge in [-0.1, -0.05) is 47.8 Å². The minimum absolute atomic E-state index is 0.0564. The van der Waals surface area contributed by atoms with Gasteiger partial charge >= 0.3 is 0 Å². The Balaban J connectivity index is 0.736. The Kier molecular flexibility index (Phi) is 7.19. The normalized spacial score (nSPS) is 29.5. The van der Waals surface area contributed by atoms with E-state index < -0.39 is 0 Å². The first-order valence-electron chi connectivity index (χ1n) is 17.5. The largest absolute Gasteiger partial charge is 0.457 e. The van der Waals surface area contributed by atoms with Gasteiger partial charge in [0.2, 0.25) is 23.6 Å². The number of carbonyl (C=O) groups excluding carboxylic acids is 4. The van der Waals surface area contributed by atoms with Crippen molar-refractivity contribution >= 4 is 58.5 Å². The number of rotatable bonds is 8. The van der Waals surface area contributed by atoms with Gasteiger partial charge in [-0.15, -0.1) is 0 Å². The van der Waals surface area contributed by atoms with Gasteiger partial charge in [-0.05, 0) is 134 Å². The highest BCUT2D eigenvalue weighted by Gasteiger charge is 2.60. The molecule has 0 spiro atoms. The molecule has 8 atom stereocenters. The third-order valence-electron chi connectivity index (χ3n) is 11.5. The van der Waals surface area contributed by atoms with Gasteiger partial charge in [0, 0.05) is 19.6 Å². The number of hydrogen-bond donors (Lipinski definition) is 0. The summed E-state index contributed by atoms with van der Waals surface area (Å²) >= 11 is 3.21. The molecular formula is C42H32N2O5S2. The van der Waals surface area contributed by atoms with Crippen molar-refractivity contribution in [3.05, 3.63) is 121 Å². The summed E-state index contributed by atoms with van der Waals surface area (Å²) < 4.78 is 6.11.